The van der Waals surface area contributed by atoms with Crippen LogP contribution in [-0.4, -0.2) is 50.0 Å². The quantitative estimate of drug-likeness (QED) is 0.681. The molecule has 2 aliphatic rings. The van der Waals surface area contributed by atoms with Crippen LogP contribution in [0.3, 0.4) is 0 Å². The minimum Gasteiger partial charge on any atom is -0.372 e. The van der Waals surface area contributed by atoms with E-state index in [1.807, 2.05) is 12.1 Å². The van der Waals surface area contributed by atoms with Crippen LogP contribution in [0, 0.1) is 5.92 Å². The van der Waals surface area contributed by atoms with Gasteiger partial charge in [0.05, 0.1) is 11.9 Å². The van der Waals surface area contributed by atoms with E-state index in [9.17, 15) is 4.79 Å². The molecule has 0 spiro atoms. The van der Waals surface area contributed by atoms with Crippen LogP contribution >= 0.6 is 0 Å². The molecular formula is C20H24N8O. The molecule has 3 N–H and O–H groups in total. The number of primary amides is 1. The van der Waals surface area contributed by atoms with Crippen LogP contribution in [0.4, 0.5) is 11.6 Å². The van der Waals surface area contributed by atoms with Crippen molar-refractivity contribution in [1.29, 1.82) is 0 Å². The summed E-state index contributed by atoms with van der Waals surface area (Å²) in [6.07, 6.45) is 6.58. The molecule has 0 bridgehead atoms. The summed E-state index contributed by atoms with van der Waals surface area (Å²) in [5.74, 6) is 0.215. The number of fused-ring (bicyclic) bond motifs is 1. The summed E-state index contributed by atoms with van der Waals surface area (Å²) in [7, 11) is 0. The number of carbonyl (C=O) groups excluding carboxylic acids is 1. The Morgan fingerprint density at radius 1 is 1.10 bits per heavy atom. The van der Waals surface area contributed by atoms with Crippen molar-refractivity contribution in [2.24, 2.45) is 11.7 Å². The van der Waals surface area contributed by atoms with Gasteiger partial charge in [-0.15, -0.1) is 5.10 Å². The monoisotopic (exact) mass is 392 g/mol. The SMILES string of the molecule is NC(=O)[C@@H]1CC[C@@H](Nc2ncc3nnn(-c4ccc(N5CCCC5)cc4)c3n2)C1. The molecule has 9 nitrogen and oxygen atoms in total. The number of nitrogens with two attached hydrogens (primary N) is 1. The van der Waals surface area contributed by atoms with E-state index in [1.54, 1.807) is 10.9 Å². The summed E-state index contributed by atoms with van der Waals surface area (Å²) in [6, 6.07) is 8.49. The molecule has 2 atom stereocenters. The second kappa shape index (κ2) is 7.31. The van der Waals surface area contributed by atoms with Gasteiger partial charge in [-0.1, -0.05) is 5.21 Å². The van der Waals surface area contributed by atoms with E-state index in [0.29, 0.717) is 23.5 Å². The van der Waals surface area contributed by atoms with E-state index in [0.717, 1.165) is 31.6 Å². The average Bonchev–Trinajstić information content (AvgIpc) is 3.49. The van der Waals surface area contributed by atoms with E-state index >= 15 is 0 Å². The average molecular weight is 392 g/mol. The van der Waals surface area contributed by atoms with Gasteiger partial charge in [-0.3, -0.25) is 4.79 Å². The van der Waals surface area contributed by atoms with Crippen LogP contribution in [-0.2, 0) is 4.79 Å². The summed E-state index contributed by atoms with van der Waals surface area (Å²) < 4.78 is 1.73. The number of rotatable bonds is 5. The van der Waals surface area contributed by atoms with Crippen molar-refractivity contribution in [3.8, 4) is 5.69 Å². The van der Waals surface area contributed by atoms with Crippen LogP contribution < -0.4 is 16.0 Å². The van der Waals surface area contributed by atoms with E-state index in [-0.39, 0.29) is 17.9 Å². The normalized spacial score (nSPS) is 21.7. The third kappa shape index (κ3) is 3.48. The largest absolute Gasteiger partial charge is 0.372 e. The Hall–Kier alpha value is -3.23. The van der Waals surface area contributed by atoms with Gasteiger partial charge in [-0.05, 0) is 56.4 Å². The molecule has 1 aliphatic carbocycles. The molecule has 2 aromatic heterocycles. The van der Waals surface area contributed by atoms with E-state index in [1.165, 1.54) is 18.5 Å². The highest BCUT2D eigenvalue weighted by molar-refractivity contribution is 5.77. The highest BCUT2D eigenvalue weighted by Gasteiger charge is 2.29. The Morgan fingerprint density at radius 2 is 1.86 bits per heavy atom. The first-order valence-electron chi connectivity index (χ1n) is 10.2. The molecular weight excluding hydrogens is 368 g/mol. The van der Waals surface area contributed by atoms with Crippen molar-refractivity contribution >= 4 is 28.7 Å². The first kappa shape index (κ1) is 17.8. The van der Waals surface area contributed by atoms with Crippen LogP contribution in [0.1, 0.15) is 32.1 Å². The zero-order chi connectivity index (χ0) is 19.8. The third-order valence-corrected chi connectivity index (χ3v) is 5.93. The molecule has 1 aromatic carbocycles. The molecule has 29 heavy (non-hydrogen) atoms. The van der Waals surface area contributed by atoms with Crippen molar-refractivity contribution in [1.82, 2.24) is 25.0 Å². The van der Waals surface area contributed by atoms with Gasteiger partial charge >= 0.3 is 0 Å². The van der Waals surface area contributed by atoms with Gasteiger partial charge in [0.2, 0.25) is 11.9 Å². The molecule has 9 heteroatoms. The molecule has 150 valence electrons. The predicted octanol–water partition coefficient (Wildman–Crippen LogP) is 1.88. The third-order valence-electron chi connectivity index (χ3n) is 5.93. The summed E-state index contributed by atoms with van der Waals surface area (Å²) in [5, 5.41) is 11.8. The number of hydrogen-bond donors (Lipinski definition) is 2. The van der Waals surface area contributed by atoms with Crippen molar-refractivity contribution in [3.63, 3.8) is 0 Å². The van der Waals surface area contributed by atoms with Gasteiger partial charge in [0.15, 0.2) is 11.2 Å². The highest BCUT2D eigenvalue weighted by Crippen LogP contribution is 2.27. The van der Waals surface area contributed by atoms with E-state index in [2.05, 4.69) is 42.6 Å². The van der Waals surface area contributed by atoms with Gasteiger partial charge in [0.1, 0.15) is 0 Å². The predicted molar refractivity (Wildman–Crippen MR) is 110 cm³/mol. The Balaban J connectivity index is 1.37. The highest BCUT2D eigenvalue weighted by atomic mass is 16.1. The summed E-state index contributed by atoms with van der Waals surface area (Å²) in [6.45, 7) is 2.23. The van der Waals surface area contributed by atoms with Crippen molar-refractivity contribution in [2.75, 3.05) is 23.3 Å². The molecule has 1 saturated carbocycles. The van der Waals surface area contributed by atoms with Gasteiger partial charge in [0.25, 0.3) is 0 Å². The summed E-state index contributed by atoms with van der Waals surface area (Å²) in [5.41, 5.74) is 8.87. The fourth-order valence-corrected chi connectivity index (χ4v) is 4.31. The van der Waals surface area contributed by atoms with Gasteiger partial charge in [-0.2, -0.15) is 9.67 Å². The maximum Gasteiger partial charge on any atom is 0.225 e. The number of aromatic nitrogens is 5. The fraction of sp³-hybridized carbons (Fsp3) is 0.450. The van der Waals surface area contributed by atoms with Crippen molar-refractivity contribution in [3.05, 3.63) is 30.5 Å². The van der Waals surface area contributed by atoms with Gasteiger partial charge < -0.3 is 16.0 Å². The molecule has 5 rings (SSSR count). The lowest BCUT2D eigenvalue weighted by Gasteiger charge is -2.17. The standard InChI is InChI=1S/C20H24N8O/c21-18(29)13-3-4-14(11-13)23-20-22-12-17-19(24-20)28(26-25-17)16-7-5-15(6-8-16)27-9-1-2-10-27/h5-8,12-14H,1-4,9-11H2,(H2,21,29)(H,22,23,24)/t13-,14-/m1/s1. The molecule has 1 saturated heterocycles. The molecule has 3 aromatic rings. The second-order valence-electron chi connectivity index (χ2n) is 7.87. The number of nitrogens with one attached hydrogen (secondary N) is 1. The maximum absolute atomic E-state index is 11.4. The fourth-order valence-electron chi connectivity index (χ4n) is 4.31. The Morgan fingerprint density at radius 3 is 2.59 bits per heavy atom. The lowest BCUT2D eigenvalue weighted by atomic mass is 10.1. The van der Waals surface area contributed by atoms with Crippen molar-refractivity contribution in [2.45, 2.75) is 38.1 Å². The first-order valence-corrected chi connectivity index (χ1v) is 10.2. The molecule has 2 fully saturated rings. The number of hydrogen-bond acceptors (Lipinski definition) is 7. The summed E-state index contributed by atoms with van der Waals surface area (Å²) >= 11 is 0. The van der Waals surface area contributed by atoms with E-state index in [4.69, 9.17) is 5.73 Å². The number of amides is 1. The minimum atomic E-state index is -0.231. The topological polar surface area (TPSA) is 115 Å². The van der Waals surface area contributed by atoms with Gasteiger partial charge in [-0.25, -0.2) is 4.98 Å². The minimum absolute atomic E-state index is 0.0717. The Bertz CT molecular complexity index is 1020. The number of carbonyl (C=O) groups is 1. The molecule has 0 radical (unpaired) electrons. The molecule has 1 amide bonds. The smallest absolute Gasteiger partial charge is 0.225 e. The van der Waals surface area contributed by atoms with Crippen LogP contribution in [0.25, 0.3) is 16.9 Å². The Labute approximate surface area is 168 Å². The van der Waals surface area contributed by atoms with Gasteiger partial charge in [0, 0.05) is 30.7 Å². The first-order chi connectivity index (χ1) is 14.2. The summed E-state index contributed by atoms with van der Waals surface area (Å²) in [4.78, 5) is 22.8. The number of anilines is 2. The maximum atomic E-state index is 11.4. The zero-order valence-corrected chi connectivity index (χ0v) is 16.2. The molecule has 0 unspecified atom stereocenters. The lowest BCUT2D eigenvalue weighted by Crippen LogP contribution is -2.23. The second-order valence-corrected chi connectivity index (χ2v) is 7.87. The Kier molecular flexibility index (Phi) is 4.49. The van der Waals surface area contributed by atoms with Crippen LogP contribution in [0.5, 0.6) is 0 Å². The lowest BCUT2D eigenvalue weighted by molar-refractivity contribution is -0.121. The van der Waals surface area contributed by atoms with Crippen molar-refractivity contribution < 1.29 is 4.79 Å². The molecule has 1 aliphatic heterocycles. The van der Waals surface area contributed by atoms with Crippen LogP contribution in [0.2, 0.25) is 0 Å². The van der Waals surface area contributed by atoms with Crippen LogP contribution in [0.15, 0.2) is 30.5 Å². The molecule has 3 heterocycles. The number of benzene rings is 1. The zero-order valence-electron chi connectivity index (χ0n) is 16.2. The number of nitrogens with zero attached hydrogens (tertiary/aromatic N) is 6. The van der Waals surface area contributed by atoms with E-state index < -0.39 is 0 Å².